The molecule has 0 saturated heterocycles. The van der Waals surface area contributed by atoms with Crippen molar-refractivity contribution in [1.82, 2.24) is 0 Å². The number of rotatable bonds is 38. The summed E-state index contributed by atoms with van der Waals surface area (Å²) in [5, 5.41) is 84.4. The van der Waals surface area contributed by atoms with Gasteiger partial charge in [-0.25, -0.2) is 4.79 Å². The molecule has 0 aliphatic rings. The van der Waals surface area contributed by atoms with Gasteiger partial charge in [0.1, 0.15) is 5.75 Å². The van der Waals surface area contributed by atoms with Crippen molar-refractivity contribution in [3.8, 4) is 11.8 Å². The van der Waals surface area contributed by atoms with Crippen molar-refractivity contribution in [2.45, 2.75) is 212 Å². The molecule has 9 N–H and O–H groups in total. The van der Waals surface area contributed by atoms with Gasteiger partial charge in [-0.1, -0.05) is 103 Å². The first-order valence-electron chi connectivity index (χ1n) is 24.2. The Morgan fingerprint density at radius 3 is 0.700 bits per heavy atom. The van der Waals surface area contributed by atoms with Gasteiger partial charge in [0.25, 0.3) is 0 Å². The third-order valence-electron chi connectivity index (χ3n) is 10.1. The van der Waals surface area contributed by atoms with Gasteiger partial charge >= 0.3 is 53.7 Å². The van der Waals surface area contributed by atoms with Gasteiger partial charge < -0.3 is 50.7 Å². The van der Waals surface area contributed by atoms with Crippen molar-refractivity contribution < 1.29 is 93.8 Å². The van der Waals surface area contributed by atoms with Crippen molar-refractivity contribution in [2.24, 2.45) is 0 Å². The van der Waals surface area contributed by atoms with E-state index in [2.05, 4.69) is 0 Å². The molecule has 0 aliphatic carbocycles. The fourth-order valence-electron chi connectivity index (χ4n) is 6.18. The Hall–Kier alpha value is -6.26. The van der Waals surface area contributed by atoms with Crippen molar-refractivity contribution in [3.63, 3.8) is 0 Å². The molecule has 0 atom stereocenters. The van der Waals surface area contributed by atoms with Crippen molar-refractivity contribution >= 4 is 53.7 Å². The molecule has 0 saturated carbocycles. The zero-order valence-corrected chi connectivity index (χ0v) is 41.3. The molecule has 0 aliphatic heterocycles. The van der Waals surface area contributed by atoms with E-state index in [9.17, 15) is 43.2 Å². The molecule has 400 valence electrons. The van der Waals surface area contributed by atoms with Gasteiger partial charge in [-0.2, -0.15) is 5.26 Å². The predicted octanol–water partition coefficient (Wildman–Crippen LogP) is 10.7. The molecule has 0 bridgehead atoms. The molecule has 0 aromatic heterocycles. The predicted molar refractivity (Wildman–Crippen MR) is 258 cm³/mol. The molecular formula is C50H81NO19. The Kier molecular flexibility index (Phi) is 50.8. The number of ether oxygens (including phenoxy) is 1. The lowest BCUT2D eigenvalue weighted by molar-refractivity contribution is -0.138. The van der Waals surface area contributed by atoms with Gasteiger partial charge in [-0.15, -0.1) is 0 Å². The second-order valence-electron chi connectivity index (χ2n) is 16.4. The van der Waals surface area contributed by atoms with Crippen LogP contribution in [0.2, 0.25) is 0 Å². The number of hydrogen-bond acceptors (Lipinski definition) is 11. The first kappa shape index (κ1) is 70.3. The van der Waals surface area contributed by atoms with Crippen LogP contribution in [0.15, 0.2) is 12.1 Å². The van der Waals surface area contributed by atoms with E-state index in [0.29, 0.717) is 16.9 Å². The van der Waals surface area contributed by atoms with E-state index in [1.165, 1.54) is 19.2 Å². The lowest BCUT2D eigenvalue weighted by atomic mass is 10.0. The number of carboxylic acids is 9. The maximum absolute atomic E-state index is 10.8. The number of carboxylic acid groups (broad SMARTS) is 9. The molecule has 1 aromatic rings. The van der Waals surface area contributed by atoms with Crippen LogP contribution in [0.5, 0.6) is 5.75 Å². The molecule has 20 heteroatoms. The van der Waals surface area contributed by atoms with E-state index >= 15 is 0 Å². The highest BCUT2D eigenvalue weighted by Crippen LogP contribution is 2.21. The number of hydrogen-bond donors (Lipinski definition) is 9. The highest BCUT2D eigenvalue weighted by molar-refractivity contribution is 5.90. The zero-order chi connectivity index (χ0) is 54.0. The molecule has 20 nitrogen and oxygen atoms in total. The molecule has 1 aromatic carbocycles. The van der Waals surface area contributed by atoms with Crippen LogP contribution in [-0.4, -0.2) is 107 Å². The first-order valence-corrected chi connectivity index (χ1v) is 24.2. The van der Waals surface area contributed by atoms with Gasteiger partial charge in [0, 0.05) is 51.4 Å². The lowest BCUT2D eigenvalue weighted by Crippen LogP contribution is -2.02. The molecule has 0 radical (unpaired) electrons. The molecule has 70 heavy (non-hydrogen) atoms. The van der Waals surface area contributed by atoms with Crippen molar-refractivity contribution in [3.05, 3.63) is 28.8 Å². The highest BCUT2D eigenvalue weighted by atomic mass is 16.5. The number of benzene rings is 1. The number of aliphatic carboxylic acids is 8. The second kappa shape index (κ2) is 50.6. The summed E-state index contributed by atoms with van der Waals surface area (Å²) in [6.07, 6.45) is 23.3. The summed E-state index contributed by atoms with van der Waals surface area (Å²) in [6, 6.07) is 4.84. The molecule has 0 fully saturated rings. The van der Waals surface area contributed by atoms with E-state index in [1.807, 2.05) is 6.07 Å². The van der Waals surface area contributed by atoms with E-state index in [-0.39, 0.29) is 56.9 Å². The Labute approximate surface area is 412 Å². The van der Waals surface area contributed by atoms with E-state index in [0.717, 1.165) is 154 Å². The minimum Gasteiger partial charge on any atom is -0.497 e. The number of carbonyl (C=O) groups is 9. The van der Waals surface area contributed by atoms with Crippen LogP contribution in [0.4, 0.5) is 0 Å². The van der Waals surface area contributed by atoms with Gasteiger partial charge in [0.05, 0.1) is 24.3 Å². The third kappa shape index (κ3) is 59.8. The number of nitrogens with zero attached hydrogens (tertiary/aromatic N) is 1. The van der Waals surface area contributed by atoms with Crippen LogP contribution in [0.1, 0.15) is 227 Å². The fraction of sp³-hybridized carbons (Fsp3) is 0.680. The van der Waals surface area contributed by atoms with Crippen molar-refractivity contribution in [2.75, 3.05) is 7.11 Å². The Balaban J connectivity index is -0.000000389. The Morgan fingerprint density at radius 2 is 0.557 bits per heavy atom. The number of nitriles is 1. The topological polar surface area (TPSA) is 369 Å². The Bertz CT molecular complexity index is 1430. The molecule has 0 spiro atoms. The quantitative estimate of drug-likeness (QED) is 0.0278. The minimum atomic E-state index is -1.06. The standard InChI is InChI=1S/C10H9NO3.4C10H18O4/c1-6-7(5-11)3-8(14-2)4-9(6)10(12)13;4*11-9(12)7-5-3-1-2-4-6-8-10(13)14/h3-4H,1-2H3,(H,12,13);4*1-8H2,(H,11,12)(H,13,14). The summed E-state index contributed by atoms with van der Waals surface area (Å²) in [4.78, 5) is 91.9. The molecule has 0 heterocycles. The first-order chi connectivity index (χ1) is 33.1. The number of unbranched alkanes of at least 4 members (excludes halogenated alkanes) is 20. The number of aromatic carboxylic acids is 1. The smallest absolute Gasteiger partial charge is 0.336 e. The Morgan fingerprint density at radius 1 is 0.371 bits per heavy atom. The molecule has 1 rings (SSSR count). The molecular weight excluding hydrogens is 919 g/mol. The lowest BCUT2D eigenvalue weighted by Gasteiger charge is -2.06. The van der Waals surface area contributed by atoms with Gasteiger partial charge in [0.2, 0.25) is 0 Å². The monoisotopic (exact) mass is 1000 g/mol. The SMILES string of the molecule is COc1cc(C#N)c(C)c(C(=O)O)c1.O=C(O)CCCCCCCCC(=O)O.O=C(O)CCCCCCCCC(=O)O.O=C(O)CCCCCCCCC(=O)O.O=C(O)CCCCCCCCC(=O)O. The minimum absolute atomic E-state index is 0.0981. The second-order valence-corrected chi connectivity index (χ2v) is 16.4. The zero-order valence-electron chi connectivity index (χ0n) is 41.3. The van der Waals surface area contributed by atoms with E-state index in [4.69, 9.17) is 56.0 Å². The summed E-state index contributed by atoms with van der Waals surface area (Å²) in [5.74, 6) is -6.60. The average molecular weight is 1000 g/mol. The maximum atomic E-state index is 10.8. The highest BCUT2D eigenvalue weighted by Gasteiger charge is 2.13. The van der Waals surface area contributed by atoms with Crippen LogP contribution in [0.25, 0.3) is 0 Å². The van der Waals surface area contributed by atoms with Gasteiger partial charge in [-0.05, 0) is 76.0 Å². The normalized spacial score (nSPS) is 9.84. The van der Waals surface area contributed by atoms with E-state index < -0.39 is 53.7 Å². The maximum Gasteiger partial charge on any atom is 0.336 e. The summed E-state index contributed by atoms with van der Waals surface area (Å²) in [7, 11) is 1.43. The van der Waals surface area contributed by atoms with E-state index in [1.54, 1.807) is 6.92 Å². The van der Waals surface area contributed by atoms with Gasteiger partial charge in [0.15, 0.2) is 0 Å². The van der Waals surface area contributed by atoms with Crippen LogP contribution < -0.4 is 4.74 Å². The largest absolute Gasteiger partial charge is 0.497 e. The van der Waals surface area contributed by atoms with Crippen LogP contribution in [0.3, 0.4) is 0 Å². The number of methoxy groups -OCH3 is 1. The van der Waals surface area contributed by atoms with Crippen LogP contribution >= 0.6 is 0 Å². The third-order valence-corrected chi connectivity index (χ3v) is 10.1. The van der Waals surface area contributed by atoms with Gasteiger partial charge in [-0.3, -0.25) is 38.4 Å². The van der Waals surface area contributed by atoms with Crippen LogP contribution in [-0.2, 0) is 38.4 Å². The summed E-state index contributed by atoms with van der Waals surface area (Å²) in [6.45, 7) is 1.60. The summed E-state index contributed by atoms with van der Waals surface area (Å²) < 4.78 is 4.89. The summed E-state index contributed by atoms with van der Waals surface area (Å²) >= 11 is 0. The molecule has 0 unspecified atom stereocenters. The summed E-state index contributed by atoms with van der Waals surface area (Å²) in [5.41, 5.74) is 0.878. The molecule has 0 amide bonds. The fourth-order valence-corrected chi connectivity index (χ4v) is 6.18. The average Bonchev–Trinajstić information content (AvgIpc) is 3.27. The van der Waals surface area contributed by atoms with Crippen LogP contribution in [0, 0.1) is 18.3 Å². The van der Waals surface area contributed by atoms with Crippen molar-refractivity contribution in [1.29, 1.82) is 5.26 Å².